The second kappa shape index (κ2) is 6.52. The number of anilines is 2. The topological polar surface area (TPSA) is 58.0 Å². The molecule has 1 aliphatic rings. The standard InChI is InChI=1S/C17H18N6S/c1-13-11-17(19-12-18-13)23-8-6-22(7-9-23)16-5-4-14(20-21-16)15-3-2-10-24-15/h2-5,10-12H,6-9H2,1H3. The van der Waals surface area contributed by atoms with Crippen molar-refractivity contribution in [3.63, 3.8) is 0 Å². The molecular weight excluding hydrogens is 320 g/mol. The number of piperazine rings is 1. The Morgan fingerprint density at radius 2 is 1.71 bits per heavy atom. The molecule has 4 heterocycles. The van der Waals surface area contributed by atoms with Gasteiger partial charge in [-0.05, 0) is 30.5 Å². The Hall–Kier alpha value is -2.54. The van der Waals surface area contributed by atoms with Gasteiger partial charge in [0.1, 0.15) is 17.8 Å². The molecular formula is C17H18N6S. The largest absolute Gasteiger partial charge is 0.353 e. The Morgan fingerprint density at radius 1 is 0.917 bits per heavy atom. The number of thiophene rings is 1. The van der Waals surface area contributed by atoms with Crippen molar-refractivity contribution in [1.29, 1.82) is 0 Å². The normalized spacial score (nSPS) is 14.9. The maximum Gasteiger partial charge on any atom is 0.151 e. The molecule has 4 rings (SSSR count). The molecule has 24 heavy (non-hydrogen) atoms. The van der Waals surface area contributed by atoms with Crippen LogP contribution in [0.15, 0.2) is 42.0 Å². The third kappa shape index (κ3) is 3.07. The van der Waals surface area contributed by atoms with E-state index in [1.807, 2.05) is 25.1 Å². The van der Waals surface area contributed by atoms with Gasteiger partial charge >= 0.3 is 0 Å². The fourth-order valence-corrected chi connectivity index (χ4v) is 3.52. The lowest BCUT2D eigenvalue weighted by molar-refractivity contribution is 0.637. The number of nitrogens with zero attached hydrogens (tertiary/aromatic N) is 6. The predicted molar refractivity (Wildman–Crippen MR) is 96.5 cm³/mol. The number of aromatic nitrogens is 4. The van der Waals surface area contributed by atoms with Gasteiger partial charge in [0.2, 0.25) is 0 Å². The summed E-state index contributed by atoms with van der Waals surface area (Å²) in [7, 11) is 0. The van der Waals surface area contributed by atoms with Crippen LogP contribution in [0.5, 0.6) is 0 Å². The zero-order valence-corrected chi connectivity index (χ0v) is 14.3. The number of rotatable bonds is 3. The van der Waals surface area contributed by atoms with Crippen molar-refractivity contribution in [3.8, 4) is 10.6 Å². The summed E-state index contributed by atoms with van der Waals surface area (Å²) in [4.78, 5) is 14.2. The first-order chi connectivity index (χ1) is 11.8. The molecule has 1 aliphatic heterocycles. The van der Waals surface area contributed by atoms with Crippen LogP contribution in [0, 0.1) is 6.92 Å². The fraction of sp³-hybridized carbons (Fsp3) is 0.294. The van der Waals surface area contributed by atoms with E-state index in [4.69, 9.17) is 0 Å². The van der Waals surface area contributed by atoms with Gasteiger partial charge < -0.3 is 9.80 Å². The predicted octanol–water partition coefficient (Wildman–Crippen LogP) is 2.63. The summed E-state index contributed by atoms with van der Waals surface area (Å²) in [5.41, 5.74) is 1.93. The van der Waals surface area contributed by atoms with E-state index >= 15 is 0 Å². The molecule has 0 atom stereocenters. The lowest BCUT2D eigenvalue weighted by Crippen LogP contribution is -2.47. The molecule has 0 spiro atoms. The number of hydrogen-bond donors (Lipinski definition) is 0. The van der Waals surface area contributed by atoms with Crippen molar-refractivity contribution in [2.24, 2.45) is 0 Å². The van der Waals surface area contributed by atoms with Crippen LogP contribution in [0.2, 0.25) is 0 Å². The first-order valence-corrected chi connectivity index (χ1v) is 8.84. The maximum absolute atomic E-state index is 4.41. The minimum atomic E-state index is 0.913. The summed E-state index contributed by atoms with van der Waals surface area (Å²) in [6.45, 7) is 5.66. The highest BCUT2D eigenvalue weighted by Crippen LogP contribution is 2.24. The molecule has 0 N–H and O–H groups in total. The summed E-state index contributed by atoms with van der Waals surface area (Å²) in [5.74, 6) is 1.94. The Labute approximate surface area is 144 Å². The first-order valence-electron chi connectivity index (χ1n) is 7.96. The molecule has 0 saturated carbocycles. The zero-order valence-electron chi connectivity index (χ0n) is 13.5. The lowest BCUT2D eigenvalue weighted by Gasteiger charge is -2.35. The third-order valence-electron chi connectivity index (χ3n) is 4.14. The smallest absolute Gasteiger partial charge is 0.151 e. The minimum Gasteiger partial charge on any atom is -0.353 e. The van der Waals surface area contributed by atoms with E-state index in [0.717, 1.165) is 54.1 Å². The molecule has 3 aromatic rings. The average molecular weight is 338 g/mol. The van der Waals surface area contributed by atoms with Crippen molar-refractivity contribution >= 4 is 23.0 Å². The van der Waals surface area contributed by atoms with Crippen LogP contribution in [0.4, 0.5) is 11.6 Å². The first kappa shape index (κ1) is 15.0. The van der Waals surface area contributed by atoms with Gasteiger partial charge in [-0.3, -0.25) is 0 Å². The molecule has 7 heteroatoms. The van der Waals surface area contributed by atoms with Crippen molar-refractivity contribution < 1.29 is 0 Å². The zero-order chi connectivity index (χ0) is 16.4. The van der Waals surface area contributed by atoms with Crippen molar-refractivity contribution in [2.45, 2.75) is 6.92 Å². The summed E-state index contributed by atoms with van der Waals surface area (Å²) >= 11 is 1.68. The summed E-state index contributed by atoms with van der Waals surface area (Å²) in [5, 5.41) is 10.8. The van der Waals surface area contributed by atoms with Gasteiger partial charge in [-0.2, -0.15) is 0 Å². The monoisotopic (exact) mass is 338 g/mol. The Morgan fingerprint density at radius 3 is 2.33 bits per heavy atom. The van der Waals surface area contributed by atoms with E-state index in [9.17, 15) is 0 Å². The molecule has 0 aliphatic carbocycles. The Bertz CT molecular complexity index is 794. The van der Waals surface area contributed by atoms with E-state index in [0.29, 0.717) is 0 Å². The van der Waals surface area contributed by atoms with Crippen LogP contribution in [0.3, 0.4) is 0 Å². The van der Waals surface area contributed by atoms with Crippen LogP contribution in [0.25, 0.3) is 10.6 Å². The van der Waals surface area contributed by atoms with Crippen molar-refractivity contribution in [1.82, 2.24) is 20.2 Å². The van der Waals surface area contributed by atoms with Crippen molar-refractivity contribution in [2.75, 3.05) is 36.0 Å². The molecule has 0 amide bonds. The highest BCUT2D eigenvalue weighted by molar-refractivity contribution is 7.13. The van der Waals surface area contributed by atoms with Gasteiger partial charge in [0.05, 0.1) is 4.88 Å². The second-order valence-corrected chi connectivity index (χ2v) is 6.69. The molecule has 1 fully saturated rings. The van der Waals surface area contributed by atoms with Crippen LogP contribution < -0.4 is 9.80 Å². The van der Waals surface area contributed by atoms with E-state index in [1.165, 1.54) is 0 Å². The summed E-state index contributed by atoms with van der Waals surface area (Å²) < 4.78 is 0. The van der Waals surface area contributed by atoms with Crippen LogP contribution in [-0.4, -0.2) is 46.3 Å². The summed E-state index contributed by atoms with van der Waals surface area (Å²) in [6, 6.07) is 10.2. The van der Waals surface area contributed by atoms with E-state index in [-0.39, 0.29) is 0 Å². The molecule has 0 radical (unpaired) electrons. The average Bonchev–Trinajstić information content (AvgIpc) is 3.17. The van der Waals surface area contributed by atoms with Crippen LogP contribution in [0.1, 0.15) is 5.69 Å². The minimum absolute atomic E-state index is 0.913. The highest BCUT2D eigenvalue weighted by Gasteiger charge is 2.19. The van der Waals surface area contributed by atoms with Gasteiger partial charge in [-0.1, -0.05) is 6.07 Å². The Kier molecular flexibility index (Phi) is 4.08. The number of aryl methyl sites for hydroxylation is 1. The SMILES string of the molecule is Cc1cc(N2CCN(c3ccc(-c4cccs4)nn3)CC2)ncn1. The van der Waals surface area contributed by atoms with E-state index in [1.54, 1.807) is 17.7 Å². The van der Waals surface area contributed by atoms with Gasteiger partial charge in [0, 0.05) is 37.9 Å². The van der Waals surface area contributed by atoms with Gasteiger partial charge in [0.15, 0.2) is 5.82 Å². The second-order valence-electron chi connectivity index (χ2n) is 5.75. The van der Waals surface area contributed by atoms with Crippen molar-refractivity contribution in [3.05, 3.63) is 47.7 Å². The maximum atomic E-state index is 4.41. The fourth-order valence-electron chi connectivity index (χ4n) is 2.83. The van der Waals surface area contributed by atoms with Crippen LogP contribution in [-0.2, 0) is 0 Å². The molecule has 122 valence electrons. The van der Waals surface area contributed by atoms with E-state index in [2.05, 4.69) is 47.5 Å². The molecule has 0 aromatic carbocycles. The third-order valence-corrected chi connectivity index (χ3v) is 5.03. The lowest BCUT2D eigenvalue weighted by atomic mass is 10.2. The molecule has 1 saturated heterocycles. The van der Waals surface area contributed by atoms with Gasteiger partial charge in [0.25, 0.3) is 0 Å². The Balaban J connectivity index is 1.42. The molecule has 6 nitrogen and oxygen atoms in total. The highest BCUT2D eigenvalue weighted by atomic mass is 32.1. The van der Waals surface area contributed by atoms with E-state index < -0.39 is 0 Å². The van der Waals surface area contributed by atoms with Gasteiger partial charge in [-0.25, -0.2) is 9.97 Å². The molecule has 3 aromatic heterocycles. The summed E-state index contributed by atoms with van der Waals surface area (Å²) in [6.07, 6.45) is 1.63. The quantitative estimate of drug-likeness (QED) is 0.732. The van der Waals surface area contributed by atoms with Crippen LogP contribution >= 0.6 is 11.3 Å². The number of hydrogen-bond acceptors (Lipinski definition) is 7. The van der Waals surface area contributed by atoms with Gasteiger partial charge in [-0.15, -0.1) is 21.5 Å². The molecule has 0 bridgehead atoms. The molecule has 0 unspecified atom stereocenters.